The molecule has 1 unspecified atom stereocenters. The molecule has 0 heterocycles. The Morgan fingerprint density at radius 2 is 2.15 bits per heavy atom. The second-order valence-corrected chi connectivity index (χ2v) is 3.53. The minimum absolute atomic E-state index is 0.302. The largest absolute Gasteiger partial charge is 0.250 e. The molecule has 0 amide bonds. The summed E-state index contributed by atoms with van der Waals surface area (Å²) < 4.78 is 12.3. The first-order chi connectivity index (χ1) is 6.17. The van der Waals surface area contributed by atoms with Crippen molar-refractivity contribution < 1.29 is 4.39 Å². The summed E-state index contributed by atoms with van der Waals surface area (Å²) in [5.41, 5.74) is 2.01. The first kappa shape index (κ1) is 10.5. The van der Waals surface area contributed by atoms with Crippen molar-refractivity contribution in [2.75, 3.05) is 6.67 Å². The molecule has 13 heavy (non-hydrogen) atoms. The molecule has 0 fully saturated rings. The quantitative estimate of drug-likeness (QED) is 0.695. The van der Waals surface area contributed by atoms with Crippen molar-refractivity contribution in [1.82, 2.24) is 0 Å². The lowest BCUT2D eigenvalue weighted by molar-refractivity contribution is 0.465. The van der Waals surface area contributed by atoms with Crippen LogP contribution in [0.5, 0.6) is 0 Å². The average molecular weight is 200 g/mol. The van der Waals surface area contributed by atoms with E-state index in [1.165, 1.54) is 0 Å². The molecule has 0 aliphatic heterocycles. The highest BCUT2D eigenvalue weighted by atomic mass is 35.5. The highest BCUT2D eigenvalue weighted by molar-refractivity contribution is 6.30. The number of benzene rings is 1. The summed E-state index contributed by atoms with van der Waals surface area (Å²) >= 11 is 5.88. The second-order valence-electron chi connectivity index (χ2n) is 3.10. The molecular weight excluding hydrogens is 187 g/mol. The van der Waals surface area contributed by atoms with E-state index >= 15 is 0 Å². The van der Waals surface area contributed by atoms with Gasteiger partial charge in [-0.3, -0.25) is 4.39 Å². The van der Waals surface area contributed by atoms with Gasteiger partial charge in [-0.2, -0.15) is 0 Å². The van der Waals surface area contributed by atoms with E-state index in [-0.39, 0.29) is 5.92 Å². The molecule has 0 saturated heterocycles. The van der Waals surface area contributed by atoms with E-state index in [1.54, 1.807) is 6.07 Å². The van der Waals surface area contributed by atoms with Crippen LogP contribution in [0.2, 0.25) is 5.02 Å². The molecule has 1 rings (SSSR count). The maximum Gasteiger partial charge on any atom is 0.0962 e. The molecule has 71 valence electrons. The van der Waals surface area contributed by atoms with E-state index in [0.29, 0.717) is 5.02 Å². The monoisotopic (exact) mass is 199 g/mol. The molecule has 0 aliphatic carbocycles. The van der Waals surface area contributed by atoms with Gasteiger partial charge in [0, 0.05) is 10.9 Å². The van der Waals surface area contributed by atoms with Crippen molar-refractivity contribution in [2.45, 2.75) is 19.3 Å². The molecule has 0 bridgehead atoms. The van der Waals surface area contributed by atoms with Gasteiger partial charge < -0.3 is 0 Å². The number of halogens is 2. The van der Waals surface area contributed by atoms with Crippen molar-refractivity contribution in [2.24, 2.45) is 0 Å². The fraction of sp³-hybridized carbons (Fsp3) is 0.364. The number of rotatable bonds is 3. The van der Waals surface area contributed by atoms with Gasteiger partial charge in [0.15, 0.2) is 0 Å². The molecule has 1 aromatic rings. The van der Waals surface area contributed by atoms with Crippen LogP contribution in [0.1, 0.15) is 24.0 Å². The third-order valence-electron chi connectivity index (χ3n) is 2.05. The number of hydrogen-bond acceptors (Lipinski definition) is 0. The SMILES string of the molecule is [CH2]C(CF)c1cc(Cl)cc(CC)c1. The van der Waals surface area contributed by atoms with Gasteiger partial charge in [0.25, 0.3) is 0 Å². The Labute approximate surface area is 83.7 Å². The lowest BCUT2D eigenvalue weighted by atomic mass is 9.99. The summed E-state index contributed by atoms with van der Waals surface area (Å²) in [6.07, 6.45) is 0.909. The lowest BCUT2D eigenvalue weighted by Gasteiger charge is -2.09. The maximum atomic E-state index is 12.3. The molecule has 0 aromatic heterocycles. The van der Waals surface area contributed by atoms with Crippen LogP contribution < -0.4 is 0 Å². The van der Waals surface area contributed by atoms with Crippen LogP contribution >= 0.6 is 11.6 Å². The van der Waals surface area contributed by atoms with Crippen LogP contribution in [-0.4, -0.2) is 6.67 Å². The molecule has 0 nitrogen and oxygen atoms in total. The molecule has 0 N–H and O–H groups in total. The van der Waals surface area contributed by atoms with E-state index in [2.05, 4.69) is 6.92 Å². The van der Waals surface area contributed by atoms with Crippen LogP contribution in [0.15, 0.2) is 18.2 Å². The number of aryl methyl sites for hydroxylation is 1. The van der Waals surface area contributed by atoms with Gasteiger partial charge in [-0.15, -0.1) is 0 Å². The summed E-state index contributed by atoms with van der Waals surface area (Å²) in [5, 5.41) is 0.663. The van der Waals surface area contributed by atoms with Crippen LogP contribution in [0, 0.1) is 6.92 Å². The van der Waals surface area contributed by atoms with Crippen LogP contribution in [-0.2, 0) is 6.42 Å². The maximum absolute atomic E-state index is 12.3. The summed E-state index contributed by atoms with van der Waals surface area (Å²) in [7, 11) is 0. The van der Waals surface area contributed by atoms with Gasteiger partial charge in [-0.25, -0.2) is 0 Å². The highest BCUT2D eigenvalue weighted by Gasteiger charge is 2.06. The molecule has 1 aromatic carbocycles. The zero-order valence-corrected chi connectivity index (χ0v) is 8.44. The molecular formula is C11H13ClF. The summed E-state index contributed by atoms with van der Waals surface area (Å²) in [6.45, 7) is 5.31. The van der Waals surface area contributed by atoms with Gasteiger partial charge >= 0.3 is 0 Å². The Hall–Kier alpha value is -0.560. The van der Waals surface area contributed by atoms with E-state index in [1.807, 2.05) is 19.1 Å². The minimum atomic E-state index is -0.441. The fourth-order valence-electron chi connectivity index (χ4n) is 1.20. The fourth-order valence-corrected chi connectivity index (χ4v) is 1.47. The second kappa shape index (κ2) is 4.61. The van der Waals surface area contributed by atoms with Crippen molar-refractivity contribution in [3.05, 3.63) is 41.3 Å². The topological polar surface area (TPSA) is 0 Å². The van der Waals surface area contributed by atoms with Crippen LogP contribution in [0.3, 0.4) is 0 Å². The van der Waals surface area contributed by atoms with Crippen LogP contribution in [0.4, 0.5) is 4.39 Å². The van der Waals surface area contributed by atoms with Crippen molar-refractivity contribution in [1.29, 1.82) is 0 Å². The number of alkyl halides is 1. The van der Waals surface area contributed by atoms with Gasteiger partial charge in [0.1, 0.15) is 0 Å². The molecule has 1 radical (unpaired) electrons. The van der Waals surface area contributed by atoms with Crippen molar-refractivity contribution in [3.63, 3.8) is 0 Å². The van der Waals surface area contributed by atoms with Crippen molar-refractivity contribution >= 4 is 11.6 Å². The standard InChI is InChI=1S/C11H13ClF/c1-3-9-4-10(8(2)7-13)6-11(12)5-9/h4-6,8H,2-3,7H2,1H3. The summed E-state index contributed by atoms with van der Waals surface area (Å²) in [6, 6.07) is 5.64. The van der Waals surface area contributed by atoms with Crippen molar-refractivity contribution in [3.8, 4) is 0 Å². The molecule has 0 spiro atoms. The smallest absolute Gasteiger partial charge is 0.0962 e. The van der Waals surface area contributed by atoms with Gasteiger partial charge in [-0.05, 0) is 36.6 Å². The predicted molar refractivity (Wildman–Crippen MR) is 54.9 cm³/mol. The van der Waals surface area contributed by atoms with Crippen LogP contribution in [0.25, 0.3) is 0 Å². The Balaban J connectivity index is 3.01. The van der Waals surface area contributed by atoms with E-state index in [4.69, 9.17) is 11.6 Å². The first-order valence-electron chi connectivity index (χ1n) is 4.35. The predicted octanol–water partition coefficient (Wildman–Crippen LogP) is 3.79. The molecule has 0 saturated carbocycles. The summed E-state index contributed by atoms with van der Waals surface area (Å²) in [5.74, 6) is -0.302. The molecule has 2 heteroatoms. The Morgan fingerprint density at radius 1 is 1.46 bits per heavy atom. The zero-order chi connectivity index (χ0) is 9.84. The lowest BCUT2D eigenvalue weighted by Crippen LogP contribution is -1.97. The first-order valence-corrected chi connectivity index (χ1v) is 4.73. The zero-order valence-electron chi connectivity index (χ0n) is 7.69. The van der Waals surface area contributed by atoms with Gasteiger partial charge in [-0.1, -0.05) is 24.6 Å². The normalized spacial score (nSPS) is 12.9. The average Bonchev–Trinajstić information content (AvgIpc) is 2.15. The Morgan fingerprint density at radius 3 is 2.69 bits per heavy atom. The van der Waals surface area contributed by atoms with Gasteiger partial charge in [0.2, 0.25) is 0 Å². The third kappa shape index (κ3) is 2.70. The molecule has 1 atom stereocenters. The number of hydrogen-bond donors (Lipinski definition) is 0. The Kier molecular flexibility index (Phi) is 3.73. The van der Waals surface area contributed by atoms with E-state index < -0.39 is 6.67 Å². The summed E-state index contributed by atoms with van der Waals surface area (Å²) in [4.78, 5) is 0. The van der Waals surface area contributed by atoms with Gasteiger partial charge in [0.05, 0.1) is 6.67 Å². The third-order valence-corrected chi connectivity index (χ3v) is 2.26. The highest BCUT2D eigenvalue weighted by Crippen LogP contribution is 2.22. The Bertz CT molecular complexity index is 283. The van der Waals surface area contributed by atoms with E-state index in [0.717, 1.165) is 17.5 Å². The molecule has 0 aliphatic rings. The minimum Gasteiger partial charge on any atom is -0.250 e. The van der Waals surface area contributed by atoms with E-state index in [9.17, 15) is 4.39 Å².